The standard InChI is InChI=1S/C21H17N5O3/c1-12-18(14-11-17(27)25(19(14)28)13-7-3-2-4-8-13)20(29)26(24-12)21-22-15-9-5-6-10-16(15)23-21/h2-10,14,24H,11H2,1H3,(H,22,23). The number of hydrogen-bond donors (Lipinski definition) is 2. The lowest BCUT2D eigenvalue weighted by atomic mass is 9.98. The summed E-state index contributed by atoms with van der Waals surface area (Å²) < 4.78 is 1.29. The molecule has 1 aliphatic rings. The number of aromatic nitrogens is 4. The van der Waals surface area contributed by atoms with Gasteiger partial charge in [0.05, 0.1) is 28.2 Å². The molecule has 1 atom stereocenters. The van der Waals surface area contributed by atoms with Crippen LogP contribution in [0.2, 0.25) is 0 Å². The maximum Gasteiger partial charge on any atom is 0.278 e. The van der Waals surface area contributed by atoms with Crippen molar-refractivity contribution in [2.24, 2.45) is 0 Å². The molecule has 0 aliphatic carbocycles. The van der Waals surface area contributed by atoms with E-state index in [1.54, 1.807) is 31.2 Å². The van der Waals surface area contributed by atoms with Gasteiger partial charge in [-0.3, -0.25) is 24.4 Å². The molecule has 2 aromatic carbocycles. The van der Waals surface area contributed by atoms with Crippen LogP contribution in [0.5, 0.6) is 0 Å². The molecule has 29 heavy (non-hydrogen) atoms. The molecule has 3 heterocycles. The highest BCUT2D eigenvalue weighted by Gasteiger charge is 2.43. The zero-order valence-corrected chi connectivity index (χ0v) is 15.5. The zero-order valence-electron chi connectivity index (χ0n) is 15.5. The number of aryl methyl sites for hydroxylation is 1. The second kappa shape index (κ2) is 6.30. The number of carbonyl (C=O) groups is 2. The Balaban J connectivity index is 1.57. The van der Waals surface area contributed by atoms with Crippen LogP contribution < -0.4 is 10.5 Å². The van der Waals surface area contributed by atoms with Gasteiger partial charge in [0.2, 0.25) is 17.8 Å². The van der Waals surface area contributed by atoms with Crippen molar-refractivity contribution in [3.63, 3.8) is 0 Å². The van der Waals surface area contributed by atoms with Gasteiger partial charge >= 0.3 is 0 Å². The highest BCUT2D eigenvalue weighted by Crippen LogP contribution is 2.33. The van der Waals surface area contributed by atoms with Gasteiger partial charge in [-0.1, -0.05) is 30.3 Å². The van der Waals surface area contributed by atoms with Gasteiger partial charge in [-0.15, -0.1) is 0 Å². The zero-order chi connectivity index (χ0) is 20.1. The van der Waals surface area contributed by atoms with E-state index in [1.165, 1.54) is 4.68 Å². The molecule has 1 fully saturated rings. The first-order chi connectivity index (χ1) is 14.0. The molecule has 5 rings (SSSR count). The van der Waals surface area contributed by atoms with Gasteiger partial charge in [-0.2, -0.15) is 4.68 Å². The fourth-order valence-electron chi connectivity index (χ4n) is 3.87. The van der Waals surface area contributed by atoms with E-state index < -0.39 is 11.8 Å². The molecule has 8 nitrogen and oxygen atoms in total. The van der Waals surface area contributed by atoms with E-state index in [9.17, 15) is 14.4 Å². The minimum absolute atomic E-state index is 0.0399. The molecule has 2 aromatic heterocycles. The summed E-state index contributed by atoms with van der Waals surface area (Å²) in [4.78, 5) is 47.4. The molecule has 1 saturated heterocycles. The third kappa shape index (κ3) is 2.60. The summed E-state index contributed by atoms with van der Waals surface area (Å²) in [5.74, 6) is -1.20. The first-order valence-electron chi connectivity index (χ1n) is 9.23. The number of hydrogen-bond acceptors (Lipinski definition) is 4. The lowest BCUT2D eigenvalue weighted by Gasteiger charge is -2.14. The summed E-state index contributed by atoms with van der Waals surface area (Å²) in [7, 11) is 0. The summed E-state index contributed by atoms with van der Waals surface area (Å²) in [6.07, 6.45) is -0.0399. The number of H-pyrrole nitrogens is 2. The first-order valence-corrected chi connectivity index (χ1v) is 9.23. The lowest BCUT2D eigenvalue weighted by Crippen LogP contribution is -2.31. The van der Waals surface area contributed by atoms with E-state index in [2.05, 4.69) is 15.1 Å². The van der Waals surface area contributed by atoms with E-state index in [0.29, 0.717) is 22.9 Å². The maximum atomic E-state index is 13.1. The third-order valence-electron chi connectivity index (χ3n) is 5.22. The molecule has 0 saturated carbocycles. The smallest absolute Gasteiger partial charge is 0.278 e. The van der Waals surface area contributed by atoms with E-state index in [4.69, 9.17) is 0 Å². The molecule has 1 aliphatic heterocycles. The van der Waals surface area contributed by atoms with Gasteiger partial charge in [0.25, 0.3) is 5.56 Å². The van der Waals surface area contributed by atoms with Crippen LogP contribution >= 0.6 is 0 Å². The van der Waals surface area contributed by atoms with E-state index >= 15 is 0 Å². The number of carbonyl (C=O) groups excluding carboxylic acids is 2. The summed E-state index contributed by atoms with van der Waals surface area (Å²) in [5.41, 5.74) is 2.48. The quantitative estimate of drug-likeness (QED) is 0.527. The Morgan fingerprint density at radius 2 is 1.72 bits per heavy atom. The minimum Gasteiger partial charge on any atom is -0.322 e. The van der Waals surface area contributed by atoms with Crippen LogP contribution in [0.3, 0.4) is 0 Å². The number of aromatic amines is 2. The van der Waals surface area contributed by atoms with E-state index in [0.717, 1.165) is 15.9 Å². The molecule has 8 heteroatoms. The molecule has 4 aromatic rings. The summed E-state index contributed by atoms with van der Waals surface area (Å²) in [6, 6.07) is 16.2. The van der Waals surface area contributed by atoms with E-state index in [-0.39, 0.29) is 17.9 Å². The van der Waals surface area contributed by atoms with Crippen molar-refractivity contribution in [3.05, 3.63) is 76.2 Å². The summed E-state index contributed by atoms with van der Waals surface area (Å²) in [6.45, 7) is 1.72. The fourth-order valence-corrected chi connectivity index (χ4v) is 3.87. The lowest BCUT2D eigenvalue weighted by molar-refractivity contribution is -0.121. The number of fused-ring (bicyclic) bond motifs is 1. The average Bonchev–Trinajstić information content (AvgIpc) is 3.36. The Bertz CT molecular complexity index is 1280. The van der Waals surface area contributed by atoms with Crippen LogP contribution in [0.4, 0.5) is 5.69 Å². The molecule has 2 amide bonds. The van der Waals surface area contributed by atoms with Gasteiger partial charge in [0.15, 0.2) is 0 Å². The van der Waals surface area contributed by atoms with Crippen molar-refractivity contribution in [1.82, 2.24) is 19.7 Å². The number of imidazole rings is 1. The maximum absolute atomic E-state index is 13.1. The van der Waals surface area contributed by atoms with Crippen molar-refractivity contribution in [2.75, 3.05) is 4.90 Å². The number of nitrogens with one attached hydrogen (secondary N) is 2. The SMILES string of the molecule is Cc1[nH]n(-c2nc3ccccc3[nH]2)c(=O)c1C1CC(=O)N(c2ccccc2)C1=O. The second-order valence-corrected chi connectivity index (χ2v) is 7.03. The molecule has 1 unspecified atom stereocenters. The van der Waals surface area contributed by atoms with Crippen LogP contribution in [0.15, 0.2) is 59.4 Å². The normalized spacial score (nSPS) is 16.9. The van der Waals surface area contributed by atoms with Crippen molar-refractivity contribution in [3.8, 4) is 5.95 Å². The summed E-state index contributed by atoms with van der Waals surface area (Å²) in [5, 5.41) is 2.99. The Morgan fingerprint density at radius 1 is 1.00 bits per heavy atom. The van der Waals surface area contributed by atoms with Gasteiger partial charge in [-0.25, -0.2) is 4.98 Å². The minimum atomic E-state index is -0.822. The first kappa shape index (κ1) is 17.2. The third-order valence-corrected chi connectivity index (χ3v) is 5.22. The average molecular weight is 387 g/mol. The van der Waals surface area contributed by atoms with Gasteiger partial charge in [0, 0.05) is 12.1 Å². The largest absolute Gasteiger partial charge is 0.322 e. The Labute approximate surface area is 164 Å². The monoisotopic (exact) mass is 387 g/mol. The molecule has 2 N–H and O–H groups in total. The van der Waals surface area contributed by atoms with Crippen LogP contribution in [0.1, 0.15) is 23.6 Å². The molecule has 144 valence electrons. The van der Waals surface area contributed by atoms with Crippen molar-refractivity contribution < 1.29 is 9.59 Å². The predicted molar refractivity (Wildman–Crippen MR) is 107 cm³/mol. The highest BCUT2D eigenvalue weighted by atomic mass is 16.2. The highest BCUT2D eigenvalue weighted by molar-refractivity contribution is 6.22. The number of benzene rings is 2. The van der Waals surface area contributed by atoms with Crippen molar-refractivity contribution in [2.45, 2.75) is 19.3 Å². The van der Waals surface area contributed by atoms with Crippen molar-refractivity contribution >= 4 is 28.5 Å². The number of rotatable bonds is 3. The Kier molecular flexibility index (Phi) is 3.73. The molecule has 0 radical (unpaired) electrons. The molecule has 0 spiro atoms. The number of amides is 2. The van der Waals surface area contributed by atoms with Crippen LogP contribution in [-0.4, -0.2) is 31.6 Å². The van der Waals surface area contributed by atoms with Gasteiger partial charge in [-0.05, 0) is 31.2 Å². The topological polar surface area (TPSA) is 104 Å². The van der Waals surface area contributed by atoms with Crippen LogP contribution in [0.25, 0.3) is 17.0 Å². The molecule has 0 bridgehead atoms. The molecular formula is C21H17N5O3. The summed E-state index contributed by atoms with van der Waals surface area (Å²) >= 11 is 0. The number of imide groups is 1. The van der Waals surface area contributed by atoms with Crippen LogP contribution in [-0.2, 0) is 9.59 Å². The predicted octanol–water partition coefficient (Wildman–Crippen LogP) is 2.40. The Hall–Kier alpha value is -3.94. The van der Waals surface area contributed by atoms with E-state index in [1.807, 2.05) is 30.3 Å². The number of nitrogens with zero attached hydrogens (tertiary/aromatic N) is 3. The van der Waals surface area contributed by atoms with Gasteiger partial charge < -0.3 is 4.98 Å². The second-order valence-electron chi connectivity index (χ2n) is 7.03. The van der Waals surface area contributed by atoms with Gasteiger partial charge in [0.1, 0.15) is 0 Å². The number of anilines is 1. The fraction of sp³-hybridized carbons (Fsp3) is 0.143. The van der Waals surface area contributed by atoms with Crippen LogP contribution in [0, 0.1) is 6.92 Å². The van der Waals surface area contributed by atoms with Crippen molar-refractivity contribution in [1.29, 1.82) is 0 Å². The number of para-hydroxylation sites is 3. The molecular weight excluding hydrogens is 370 g/mol. The Morgan fingerprint density at radius 3 is 2.48 bits per heavy atom.